The third-order valence-corrected chi connectivity index (χ3v) is 8.76. The van der Waals surface area contributed by atoms with Crippen molar-refractivity contribution >= 4 is 50.7 Å². The van der Waals surface area contributed by atoms with Gasteiger partial charge in [0.1, 0.15) is 12.6 Å². The summed E-state index contributed by atoms with van der Waals surface area (Å²) in [6, 6.07) is 16.3. The first-order valence-corrected chi connectivity index (χ1v) is 14.5. The second-order valence-corrected chi connectivity index (χ2v) is 11.3. The Kier molecular flexibility index (Phi) is 10.7. The van der Waals surface area contributed by atoms with Crippen LogP contribution in [0.2, 0.25) is 10.0 Å². The fourth-order valence-electron chi connectivity index (χ4n) is 4.15. The molecule has 1 atom stereocenters. The smallest absolute Gasteiger partial charge is 0.264 e. The van der Waals surface area contributed by atoms with Gasteiger partial charge in [0.15, 0.2) is 11.5 Å². The summed E-state index contributed by atoms with van der Waals surface area (Å²) in [5.74, 6) is -0.318. The number of sulfonamides is 1. The Morgan fingerprint density at radius 2 is 1.60 bits per heavy atom. The Hall–Kier alpha value is -3.47. The van der Waals surface area contributed by atoms with Crippen molar-refractivity contribution in [2.24, 2.45) is 0 Å². The van der Waals surface area contributed by atoms with E-state index in [1.54, 1.807) is 49.4 Å². The van der Waals surface area contributed by atoms with Gasteiger partial charge in [-0.2, -0.15) is 0 Å². The number of nitrogens with zero attached hydrogens (tertiary/aromatic N) is 2. The summed E-state index contributed by atoms with van der Waals surface area (Å²) in [7, 11) is 0.144. The summed E-state index contributed by atoms with van der Waals surface area (Å²) < 4.78 is 39.4. The molecule has 2 amide bonds. The number of ether oxygens (including phenoxy) is 2. The van der Waals surface area contributed by atoms with E-state index in [1.807, 2.05) is 0 Å². The molecule has 0 saturated heterocycles. The van der Waals surface area contributed by atoms with Gasteiger partial charge in [0.2, 0.25) is 11.8 Å². The normalized spacial score (nSPS) is 11.8. The highest BCUT2D eigenvalue weighted by atomic mass is 35.5. The average molecular weight is 609 g/mol. The predicted octanol–water partition coefficient (Wildman–Crippen LogP) is 4.76. The van der Waals surface area contributed by atoms with Crippen LogP contribution < -0.4 is 19.1 Å². The monoisotopic (exact) mass is 607 g/mol. The van der Waals surface area contributed by atoms with E-state index in [2.05, 4.69) is 5.32 Å². The van der Waals surface area contributed by atoms with Crippen LogP contribution in [0, 0.1) is 0 Å². The summed E-state index contributed by atoms with van der Waals surface area (Å²) in [5, 5.41) is 3.22. The molecule has 3 aromatic rings. The van der Waals surface area contributed by atoms with E-state index in [-0.39, 0.29) is 40.2 Å². The number of amides is 2. The molecule has 40 heavy (non-hydrogen) atoms. The van der Waals surface area contributed by atoms with E-state index in [1.165, 1.54) is 50.4 Å². The number of methoxy groups -OCH3 is 2. The maximum Gasteiger partial charge on any atom is 0.264 e. The molecular formula is C28H31Cl2N3O6S. The van der Waals surface area contributed by atoms with Crippen LogP contribution in [0.5, 0.6) is 11.5 Å². The van der Waals surface area contributed by atoms with Gasteiger partial charge >= 0.3 is 0 Å². The molecular weight excluding hydrogens is 577 g/mol. The lowest BCUT2D eigenvalue weighted by Crippen LogP contribution is -2.51. The molecule has 214 valence electrons. The van der Waals surface area contributed by atoms with Crippen LogP contribution in [0.3, 0.4) is 0 Å². The average Bonchev–Trinajstić information content (AvgIpc) is 2.97. The molecule has 12 heteroatoms. The van der Waals surface area contributed by atoms with Crippen molar-refractivity contribution < 1.29 is 27.5 Å². The van der Waals surface area contributed by atoms with Crippen LogP contribution >= 0.6 is 23.2 Å². The van der Waals surface area contributed by atoms with Crippen LogP contribution in [-0.2, 0) is 26.2 Å². The van der Waals surface area contributed by atoms with Gasteiger partial charge in [-0.05, 0) is 48.4 Å². The summed E-state index contributed by atoms with van der Waals surface area (Å²) in [6.07, 6.45) is 0.286. The first-order valence-electron chi connectivity index (χ1n) is 12.3. The number of benzene rings is 3. The molecule has 0 unspecified atom stereocenters. The minimum Gasteiger partial charge on any atom is -0.493 e. The fraction of sp³-hybridized carbons (Fsp3) is 0.286. The van der Waals surface area contributed by atoms with E-state index in [0.717, 1.165) is 4.31 Å². The molecule has 1 N–H and O–H groups in total. The number of rotatable bonds is 12. The Morgan fingerprint density at radius 1 is 0.925 bits per heavy atom. The van der Waals surface area contributed by atoms with Crippen LogP contribution in [0.1, 0.15) is 18.9 Å². The molecule has 0 heterocycles. The molecule has 9 nitrogen and oxygen atoms in total. The molecule has 0 aliphatic rings. The van der Waals surface area contributed by atoms with Gasteiger partial charge in [0.25, 0.3) is 10.0 Å². The zero-order valence-electron chi connectivity index (χ0n) is 22.6. The van der Waals surface area contributed by atoms with E-state index in [9.17, 15) is 18.0 Å². The Morgan fingerprint density at radius 3 is 2.17 bits per heavy atom. The molecule has 0 saturated carbocycles. The van der Waals surface area contributed by atoms with Crippen LogP contribution in [0.25, 0.3) is 0 Å². The summed E-state index contributed by atoms with van der Waals surface area (Å²) in [4.78, 5) is 28.1. The largest absolute Gasteiger partial charge is 0.493 e. The number of carbonyl (C=O) groups excluding carboxylic acids is 2. The number of halogens is 2. The lowest BCUT2D eigenvalue weighted by atomic mass is 10.1. The number of likely N-dealkylation sites (N-methyl/N-ethyl adjacent to an activating group) is 1. The van der Waals surface area contributed by atoms with Gasteiger partial charge in [-0.1, -0.05) is 54.4 Å². The molecule has 0 fully saturated rings. The minimum atomic E-state index is -4.22. The quantitative estimate of drug-likeness (QED) is 0.318. The second kappa shape index (κ2) is 13.7. The van der Waals surface area contributed by atoms with Gasteiger partial charge in [-0.3, -0.25) is 13.9 Å². The molecule has 0 radical (unpaired) electrons. The zero-order valence-corrected chi connectivity index (χ0v) is 24.9. The van der Waals surface area contributed by atoms with Crippen molar-refractivity contribution in [1.82, 2.24) is 10.2 Å². The van der Waals surface area contributed by atoms with Crippen molar-refractivity contribution in [3.8, 4) is 11.5 Å². The molecule has 3 rings (SSSR count). The van der Waals surface area contributed by atoms with Gasteiger partial charge in [-0.15, -0.1) is 0 Å². The third-order valence-electron chi connectivity index (χ3n) is 6.23. The van der Waals surface area contributed by atoms with Crippen LogP contribution in [-0.4, -0.2) is 59.0 Å². The van der Waals surface area contributed by atoms with Crippen molar-refractivity contribution in [3.05, 3.63) is 82.3 Å². The number of hydrogen-bond donors (Lipinski definition) is 1. The van der Waals surface area contributed by atoms with Gasteiger partial charge in [0, 0.05) is 19.7 Å². The fourth-order valence-corrected chi connectivity index (χ4v) is 5.90. The molecule has 0 aromatic heterocycles. The lowest BCUT2D eigenvalue weighted by molar-refractivity contribution is -0.140. The third kappa shape index (κ3) is 6.99. The number of hydrogen-bond acceptors (Lipinski definition) is 6. The Bertz CT molecular complexity index is 1450. The minimum absolute atomic E-state index is 0.00714. The molecule has 0 spiro atoms. The highest BCUT2D eigenvalue weighted by Gasteiger charge is 2.33. The first-order chi connectivity index (χ1) is 19.1. The highest BCUT2D eigenvalue weighted by molar-refractivity contribution is 7.92. The van der Waals surface area contributed by atoms with Crippen molar-refractivity contribution in [2.75, 3.05) is 32.1 Å². The van der Waals surface area contributed by atoms with E-state index in [4.69, 9.17) is 32.7 Å². The van der Waals surface area contributed by atoms with Gasteiger partial charge in [0.05, 0.1) is 34.8 Å². The summed E-state index contributed by atoms with van der Waals surface area (Å²) in [5.41, 5.74) is 0.797. The summed E-state index contributed by atoms with van der Waals surface area (Å²) >= 11 is 12.3. The predicted molar refractivity (Wildman–Crippen MR) is 156 cm³/mol. The van der Waals surface area contributed by atoms with E-state index < -0.39 is 28.5 Å². The maximum atomic E-state index is 14.0. The van der Waals surface area contributed by atoms with Gasteiger partial charge < -0.3 is 19.7 Å². The molecule has 0 aliphatic heterocycles. The molecule has 3 aromatic carbocycles. The SMILES string of the molecule is CC[C@H](C(=O)NC)N(Cc1ccc(Cl)c(Cl)c1)C(=O)CN(c1ccc(OC)c(OC)c1)S(=O)(=O)c1ccccc1. The second-order valence-electron chi connectivity index (χ2n) is 8.67. The first kappa shape index (κ1) is 31.1. The zero-order chi connectivity index (χ0) is 29.4. The standard InChI is InChI=1S/C28H31Cl2N3O6S/c1-5-24(28(35)31-2)32(17-19-11-13-22(29)23(30)15-19)27(34)18-33(40(36,37)21-9-7-6-8-10-21)20-12-14-25(38-3)26(16-20)39-4/h6-16,24H,5,17-18H2,1-4H3,(H,31,35)/t24-/m1/s1. The topological polar surface area (TPSA) is 105 Å². The Labute approximate surface area is 244 Å². The van der Waals surface area contributed by atoms with Crippen molar-refractivity contribution in [3.63, 3.8) is 0 Å². The van der Waals surface area contributed by atoms with E-state index in [0.29, 0.717) is 16.3 Å². The molecule has 0 bridgehead atoms. The van der Waals surface area contributed by atoms with Gasteiger partial charge in [-0.25, -0.2) is 8.42 Å². The van der Waals surface area contributed by atoms with Crippen LogP contribution in [0.15, 0.2) is 71.6 Å². The van der Waals surface area contributed by atoms with E-state index >= 15 is 0 Å². The lowest BCUT2D eigenvalue weighted by Gasteiger charge is -2.33. The highest BCUT2D eigenvalue weighted by Crippen LogP contribution is 2.34. The number of anilines is 1. The number of carbonyl (C=O) groups is 2. The Balaban J connectivity index is 2.11. The van der Waals surface area contributed by atoms with Crippen LogP contribution in [0.4, 0.5) is 5.69 Å². The molecule has 0 aliphatic carbocycles. The number of nitrogens with one attached hydrogen (secondary N) is 1. The maximum absolute atomic E-state index is 14.0. The van der Waals surface area contributed by atoms with Crippen molar-refractivity contribution in [2.45, 2.75) is 30.8 Å². The van der Waals surface area contributed by atoms with Crippen molar-refractivity contribution in [1.29, 1.82) is 0 Å². The summed E-state index contributed by atoms with van der Waals surface area (Å²) in [6.45, 7) is 1.16.